The maximum absolute atomic E-state index is 12.5. The topological polar surface area (TPSA) is 123 Å². The molecule has 4 rings (SSSR count). The summed E-state index contributed by atoms with van der Waals surface area (Å²) in [7, 11) is 0. The standard InChI is InChI=1S/C16H16N4O3S.C2HF3O2/c21-14(22)11-3-1-10(2-4-11)13-9-24-15(18-13)20-8-12-7-17-5-6-19(12)16(20)23;3-2(4,5)1(6)7/h1-4,9,12,17H,5-8H2,(H,21,22);(H,6,7)/t12-;/m0./s1. The van der Waals surface area contributed by atoms with E-state index in [1.54, 1.807) is 29.2 Å². The number of halogens is 3. The van der Waals surface area contributed by atoms with E-state index >= 15 is 0 Å². The van der Waals surface area contributed by atoms with Crippen LogP contribution in [-0.4, -0.2) is 76.5 Å². The third-order valence-corrected chi connectivity index (χ3v) is 5.48. The minimum Gasteiger partial charge on any atom is -0.478 e. The van der Waals surface area contributed by atoms with Gasteiger partial charge in [0.05, 0.1) is 23.8 Å². The van der Waals surface area contributed by atoms with Crippen molar-refractivity contribution in [3.05, 3.63) is 35.2 Å². The number of fused-ring (bicyclic) bond motifs is 1. The van der Waals surface area contributed by atoms with Gasteiger partial charge in [-0.25, -0.2) is 19.4 Å². The summed E-state index contributed by atoms with van der Waals surface area (Å²) < 4.78 is 31.7. The van der Waals surface area contributed by atoms with E-state index in [1.807, 2.05) is 10.3 Å². The van der Waals surface area contributed by atoms with Gasteiger partial charge in [-0.15, -0.1) is 11.3 Å². The Bertz CT molecular complexity index is 979. The number of carbonyl (C=O) groups is 3. The molecule has 2 aromatic rings. The van der Waals surface area contributed by atoms with Crippen LogP contribution in [0.4, 0.5) is 23.1 Å². The van der Waals surface area contributed by atoms with Crippen molar-refractivity contribution in [3.8, 4) is 11.3 Å². The van der Waals surface area contributed by atoms with Gasteiger partial charge in [0.15, 0.2) is 5.13 Å². The van der Waals surface area contributed by atoms with Crippen LogP contribution in [0.5, 0.6) is 0 Å². The number of alkyl halides is 3. The molecule has 1 aromatic heterocycles. The largest absolute Gasteiger partial charge is 0.490 e. The van der Waals surface area contributed by atoms with Crippen molar-refractivity contribution in [3.63, 3.8) is 0 Å². The highest BCUT2D eigenvalue weighted by Gasteiger charge is 2.40. The number of aromatic nitrogens is 1. The second kappa shape index (κ2) is 8.89. The van der Waals surface area contributed by atoms with Gasteiger partial charge in [0.1, 0.15) is 0 Å². The third kappa shape index (κ3) is 5.11. The zero-order valence-electron chi connectivity index (χ0n) is 15.8. The molecule has 31 heavy (non-hydrogen) atoms. The fraction of sp³-hybridized carbons (Fsp3) is 0.333. The molecule has 1 atom stereocenters. The van der Waals surface area contributed by atoms with Gasteiger partial charge in [0.2, 0.25) is 0 Å². The van der Waals surface area contributed by atoms with Gasteiger partial charge in [0, 0.05) is 30.6 Å². The Labute approximate surface area is 177 Å². The molecule has 2 fully saturated rings. The first-order valence-electron chi connectivity index (χ1n) is 8.96. The van der Waals surface area contributed by atoms with Crippen molar-refractivity contribution in [2.75, 3.05) is 31.1 Å². The number of carboxylic acid groups (broad SMARTS) is 2. The molecule has 2 aliphatic heterocycles. The Balaban J connectivity index is 0.000000339. The fourth-order valence-corrected chi connectivity index (χ4v) is 3.92. The molecule has 3 N–H and O–H groups in total. The van der Waals surface area contributed by atoms with E-state index in [0.29, 0.717) is 11.7 Å². The number of hydrogen-bond acceptors (Lipinski definition) is 6. The summed E-state index contributed by atoms with van der Waals surface area (Å²) in [6, 6.07) is 6.81. The van der Waals surface area contributed by atoms with Gasteiger partial charge >= 0.3 is 24.1 Å². The quantitative estimate of drug-likeness (QED) is 0.645. The van der Waals surface area contributed by atoms with Crippen LogP contribution in [0.2, 0.25) is 0 Å². The highest BCUT2D eigenvalue weighted by Crippen LogP contribution is 2.31. The number of thiazole rings is 1. The number of nitrogens with zero attached hydrogens (tertiary/aromatic N) is 3. The minimum absolute atomic E-state index is 0.0172. The van der Waals surface area contributed by atoms with Crippen LogP contribution in [0.1, 0.15) is 10.4 Å². The second-order valence-electron chi connectivity index (χ2n) is 6.65. The van der Waals surface area contributed by atoms with Gasteiger partial charge < -0.3 is 20.4 Å². The van der Waals surface area contributed by atoms with Crippen LogP contribution < -0.4 is 10.2 Å². The minimum atomic E-state index is -5.08. The lowest BCUT2D eigenvalue weighted by atomic mass is 10.1. The van der Waals surface area contributed by atoms with E-state index in [1.165, 1.54) is 11.3 Å². The van der Waals surface area contributed by atoms with Crippen molar-refractivity contribution in [1.29, 1.82) is 0 Å². The molecule has 0 unspecified atom stereocenters. The third-order valence-electron chi connectivity index (χ3n) is 4.61. The molecule has 0 spiro atoms. The fourth-order valence-electron chi connectivity index (χ4n) is 3.08. The summed E-state index contributed by atoms with van der Waals surface area (Å²) >= 11 is 1.43. The second-order valence-corrected chi connectivity index (χ2v) is 7.48. The molecule has 1 aromatic carbocycles. The van der Waals surface area contributed by atoms with Crippen molar-refractivity contribution >= 4 is 34.4 Å². The summed E-state index contributed by atoms with van der Waals surface area (Å²) in [5, 5.41) is 22.0. The number of carbonyl (C=O) groups excluding carboxylic acids is 1. The number of carboxylic acids is 2. The van der Waals surface area contributed by atoms with Crippen molar-refractivity contribution < 1.29 is 37.8 Å². The first-order valence-corrected chi connectivity index (χ1v) is 9.84. The number of benzene rings is 1. The molecule has 166 valence electrons. The predicted molar refractivity (Wildman–Crippen MR) is 104 cm³/mol. The number of aliphatic carboxylic acids is 1. The Hall–Kier alpha value is -3.19. The summed E-state index contributed by atoms with van der Waals surface area (Å²) in [6.07, 6.45) is -5.08. The molecule has 0 aliphatic carbocycles. The van der Waals surface area contributed by atoms with E-state index in [0.717, 1.165) is 30.9 Å². The predicted octanol–water partition coefficient (Wildman–Crippen LogP) is 2.36. The van der Waals surface area contributed by atoms with Gasteiger partial charge in [-0.05, 0) is 12.1 Å². The molecule has 2 amide bonds. The molecule has 13 heteroatoms. The Morgan fingerprint density at radius 3 is 2.39 bits per heavy atom. The number of anilines is 1. The highest BCUT2D eigenvalue weighted by atomic mass is 32.1. The number of nitrogens with one attached hydrogen (secondary N) is 1. The maximum atomic E-state index is 12.5. The average molecular weight is 458 g/mol. The molecule has 0 radical (unpaired) electrons. The lowest BCUT2D eigenvalue weighted by Crippen LogP contribution is -2.49. The molecule has 9 nitrogen and oxygen atoms in total. The Kier molecular flexibility index (Phi) is 6.45. The van der Waals surface area contributed by atoms with E-state index in [-0.39, 0.29) is 17.6 Å². The summed E-state index contributed by atoms with van der Waals surface area (Å²) in [6.45, 7) is 3.03. The van der Waals surface area contributed by atoms with E-state index in [4.69, 9.17) is 15.0 Å². The van der Waals surface area contributed by atoms with E-state index in [2.05, 4.69) is 10.3 Å². The van der Waals surface area contributed by atoms with Crippen molar-refractivity contribution in [1.82, 2.24) is 15.2 Å². The number of amides is 2. The first kappa shape index (κ1) is 22.5. The molecule has 0 saturated carbocycles. The van der Waals surface area contributed by atoms with Crippen LogP contribution >= 0.6 is 11.3 Å². The zero-order chi connectivity index (χ0) is 22.8. The highest BCUT2D eigenvalue weighted by molar-refractivity contribution is 7.14. The van der Waals surface area contributed by atoms with Gasteiger partial charge in [-0.1, -0.05) is 12.1 Å². The van der Waals surface area contributed by atoms with Gasteiger partial charge in [-0.3, -0.25) is 4.90 Å². The normalized spacial score (nSPS) is 18.3. The maximum Gasteiger partial charge on any atom is 0.490 e. The molecular formula is C18H17F3N4O5S. The summed E-state index contributed by atoms with van der Waals surface area (Å²) in [4.78, 5) is 40.6. The van der Waals surface area contributed by atoms with Crippen LogP contribution in [0, 0.1) is 0 Å². The molecule has 2 saturated heterocycles. The number of hydrogen-bond donors (Lipinski definition) is 3. The number of rotatable bonds is 3. The zero-order valence-corrected chi connectivity index (χ0v) is 16.6. The van der Waals surface area contributed by atoms with Gasteiger partial charge in [-0.2, -0.15) is 13.2 Å². The lowest BCUT2D eigenvalue weighted by molar-refractivity contribution is -0.192. The Morgan fingerprint density at radius 2 is 1.84 bits per heavy atom. The molecular weight excluding hydrogens is 441 g/mol. The van der Waals surface area contributed by atoms with Crippen LogP contribution in [0.15, 0.2) is 29.6 Å². The van der Waals surface area contributed by atoms with Gasteiger partial charge in [0.25, 0.3) is 0 Å². The monoisotopic (exact) mass is 458 g/mol. The molecule has 2 aliphatic rings. The SMILES string of the molecule is O=C(O)C(F)(F)F.O=C(O)c1ccc(-c2csc(N3C[C@@H]4CNCCN4C3=O)n2)cc1. The number of piperazine rings is 1. The van der Waals surface area contributed by atoms with Crippen molar-refractivity contribution in [2.45, 2.75) is 12.2 Å². The summed E-state index contributed by atoms with van der Waals surface area (Å²) in [5.74, 6) is -3.71. The summed E-state index contributed by atoms with van der Waals surface area (Å²) in [5.41, 5.74) is 1.84. The lowest BCUT2D eigenvalue weighted by Gasteiger charge is -2.28. The van der Waals surface area contributed by atoms with Crippen LogP contribution in [-0.2, 0) is 4.79 Å². The van der Waals surface area contributed by atoms with E-state index < -0.39 is 18.1 Å². The van der Waals surface area contributed by atoms with Crippen molar-refractivity contribution in [2.24, 2.45) is 0 Å². The number of urea groups is 1. The average Bonchev–Trinajstić information content (AvgIpc) is 3.33. The number of aromatic carboxylic acids is 1. The smallest absolute Gasteiger partial charge is 0.478 e. The molecule has 0 bridgehead atoms. The van der Waals surface area contributed by atoms with E-state index in [9.17, 15) is 22.8 Å². The van der Waals surface area contributed by atoms with Crippen LogP contribution in [0.25, 0.3) is 11.3 Å². The van der Waals surface area contributed by atoms with Crippen LogP contribution in [0.3, 0.4) is 0 Å². The molecule has 3 heterocycles. The Morgan fingerprint density at radius 1 is 1.19 bits per heavy atom. The first-order chi connectivity index (χ1) is 14.6.